The van der Waals surface area contributed by atoms with E-state index >= 15 is 0 Å². The number of hydrogen-bond donors (Lipinski definition) is 2. The third-order valence-electron chi connectivity index (χ3n) is 2.23. The van der Waals surface area contributed by atoms with Crippen molar-refractivity contribution in [2.24, 2.45) is 0 Å². The minimum absolute atomic E-state index is 0.313. The molecule has 2 N–H and O–H groups in total. The number of furan rings is 1. The number of alkyl halides is 3. The Hall–Kier alpha value is -1.01. The van der Waals surface area contributed by atoms with Crippen LogP contribution < -0.4 is 5.32 Å². The molecule has 0 bridgehead atoms. The van der Waals surface area contributed by atoms with Crippen LogP contribution in [-0.2, 0) is 0 Å². The molecule has 0 aliphatic heterocycles. The molecule has 3 nitrogen and oxygen atoms in total. The minimum atomic E-state index is -4.59. The molecule has 0 aliphatic carbocycles. The molecule has 0 radical (unpaired) electrons. The van der Waals surface area contributed by atoms with Crippen molar-refractivity contribution in [2.75, 3.05) is 6.54 Å². The van der Waals surface area contributed by atoms with Crippen molar-refractivity contribution in [3.05, 3.63) is 24.2 Å². The highest BCUT2D eigenvalue weighted by Gasteiger charge is 2.38. The summed E-state index contributed by atoms with van der Waals surface area (Å²) < 4.78 is 41.2. The van der Waals surface area contributed by atoms with Crippen molar-refractivity contribution in [3.63, 3.8) is 0 Å². The fourth-order valence-corrected chi connectivity index (χ4v) is 1.31. The highest BCUT2D eigenvalue weighted by atomic mass is 19.4. The predicted octanol–water partition coefficient (Wildman–Crippen LogP) is 2.24. The first kappa shape index (κ1) is 13.1. The van der Waals surface area contributed by atoms with Gasteiger partial charge in [0, 0.05) is 6.54 Å². The molecule has 0 aliphatic rings. The normalized spacial score (nSPS) is 16.1. The fourth-order valence-electron chi connectivity index (χ4n) is 1.31. The Morgan fingerprint density at radius 2 is 2.19 bits per heavy atom. The second-order valence-corrected chi connectivity index (χ2v) is 3.44. The van der Waals surface area contributed by atoms with E-state index in [0.717, 1.165) is 0 Å². The first-order valence-electron chi connectivity index (χ1n) is 4.96. The molecule has 1 aromatic heterocycles. The van der Waals surface area contributed by atoms with Gasteiger partial charge in [-0.15, -0.1) is 0 Å². The van der Waals surface area contributed by atoms with E-state index in [2.05, 4.69) is 5.32 Å². The Labute approximate surface area is 91.3 Å². The smallest absolute Gasteiger partial charge is 0.415 e. The molecule has 0 amide bonds. The molecule has 0 aromatic carbocycles. The van der Waals surface area contributed by atoms with Crippen LogP contribution in [0.2, 0.25) is 0 Å². The summed E-state index contributed by atoms with van der Waals surface area (Å²) in [6.07, 6.45) is -4.90. The molecule has 2 atom stereocenters. The highest BCUT2D eigenvalue weighted by molar-refractivity contribution is 5.04. The maximum Gasteiger partial charge on any atom is 0.415 e. The van der Waals surface area contributed by atoms with Gasteiger partial charge in [0.25, 0.3) is 0 Å². The molecule has 0 saturated carbocycles. The molecule has 6 heteroatoms. The molecule has 16 heavy (non-hydrogen) atoms. The number of halogens is 3. The molecule has 1 rings (SSSR count). The van der Waals surface area contributed by atoms with Crippen LogP contribution in [0.5, 0.6) is 0 Å². The summed E-state index contributed by atoms with van der Waals surface area (Å²) in [5.41, 5.74) is 0. The van der Waals surface area contributed by atoms with Crippen molar-refractivity contribution in [3.8, 4) is 0 Å². The lowest BCUT2D eigenvalue weighted by Crippen LogP contribution is -2.39. The van der Waals surface area contributed by atoms with Gasteiger partial charge in [-0.3, -0.25) is 0 Å². The zero-order valence-electron chi connectivity index (χ0n) is 8.79. The number of rotatable bonds is 5. The van der Waals surface area contributed by atoms with Crippen LogP contribution in [0, 0.1) is 0 Å². The van der Waals surface area contributed by atoms with Gasteiger partial charge in [0.15, 0.2) is 6.10 Å². The zero-order chi connectivity index (χ0) is 12.2. The van der Waals surface area contributed by atoms with Gasteiger partial charge in [-0.05, 0) is 18.6 Å². The summed E-state index contributed by atoms with van der Waals surface area (Å²) in [6.45, 7) is 1.28. The van der Waals surface area contributed by atoms with E-state index in [9.17, 15) is 13.2 Å². The number of nitrogens with one attached hydrogen (secondary N) is 1. The van der Waals surface area contributed by atoms with Crippen LogP contribution in [0.25, 0.3) is 0 Å². The number of aliphatic hydroxyl groups excluding tert-OH is 1. The Balaban J connectivity index is 2.47. The maximum atomic E-state index is 12.0. The molecule has 1 aromatic rings. The lowest BCUT2D eigenvalue weighted by molar-refractivity contribution is -0.202. The quantitative estimate of drug-likeness (QED) is 0.825. The summed E-state index contributed by atoms with van der Waals surface area (Å²) in [4.78, 5) is 0. The molecule has 92 valence electrons. The topological polar surface area (TPSA) is 45.4 Å². The van der Waals surface area contributed by atoms with Gasteiger partial charge in [-0.1, -0.05) is 6.92 Å². The van der Waals surface area contributed by atoms with Crippen LogP contribution in [0.4, 0.5) is 13.2 Å². The van der Waals surface area contributed by atoms with E-state index in [4.69, 9.17) is 9.52 Å². The molecule has 0 spiro atoms. The molecule has 1 heterocycles. The summed E-state index contributed by atoms with van der Waals surface area (Å²) in [7, 11) is 0. The summed E-state index contributed by atoms with van der Waals surface area (Å²) in [5.74, 6) is 0.567. The third-order valence-corrected chi connectivity index (χ3v) is 2.23. The lowest BCUT2D eigenvalue weighted by atomic mass is 10.1. The minimum Gasteiger partial charge on any atom is -0.468 e. The maximum absolute atomic E-state index is 12.0. The Morgan fingerprint density at radius 3 is 2.62 bits per heavy atom. The summed E-state index contributed by atoms with van der Waals surface area (Å²) in [6, 6.07) is 3.04. The van der Waals surface area contributed by atoms with Gasteiger partial charge in [-0.2, -0.15) is 13.2 Å². The van der Waals surface area contributed by atoms with Gasteiger partial charge in [0.1, 0.15) is 5.76 Å². The van der Waals surface area contributed by atoms with E-state index in [1.54, 1.807) is 12.1 Å². The standard InChI is InChI=1S/C10H14F3NO2/c1-2-7(8-4-3-5-16-8)14-6-9(15)10(11,12)13/h3-5,7,9,14-15H,2,6H2,1H3. The van der Waals surface area contributed by atoms with Crippen molar-refractivity contribution in [2.45, 2.75) is 31.7 Å². The van der Waals surface area contributed by atoms with E-state index in [-0.39, 0.29) is 6.04 Å². The summed E-state index contributed by atoms with van der Waals surface area (Å²) >= 11 is 0. The van der Waals surface area contributed by atoms with Crippen molar-refractivity contribution in [1.82, 2.24) is 5.32 Å². The van der Waals surface area contributed by atoms with Gasteiger partial charge >= 0.3 is 6.18 Å². The van der Waals surface area contributed by atoms with Gasteiger partial charge in [0.05, 0.1) is 12.3 Å². The van der Waals surface area contributed by atoms with Crippen molar-refractivity contribution < 1.29 is 22.7 Å². The predicted molar refractivity (Wildman–Crippen MR) is 51.8 cm³/mol. The van der Waals surface area contributed by atoms with Crippen LogP contribution >= 0.6 is 0 Å². The SMILES string of the molecule is CCC(NCC(O)C(F)(F)F)c1ccco1. The fraction of sp³-hybridized carbons (Fsp3) is 0.600. The van der Waals surface area contributed by atoms with Crippen molar-refractivity contribution in [1.29, 1.82) is 0 Å². The Bertz CT molecular complexity index is 298. The monoisotopic (exact) mass is 237 g/mol. The highest BCUT2D eigenvalue weighted by Crippen LogP contribution is 2.21. The van der Waals surface area contributed by atoms with E-state index in [1.165, 1.54) is 6.26 Å². The molecule has 0 saturated heterocycles. The average Bonchev–Trinajstić information content (AvgIpc) is 2.70. The van der Waals surface area contributed by atoms with Gasteiger partial charge in [0.2, 0.25) is 0 Å². The summed E-state index contributed by atoms with van der Waals surface area (Å²) in [5, 5.41) is 11.4. The van der Waals surface area contributed by atoms with Crippen molar-refractivity contribution >= 4 is 0 Å². The van der Waals surface area contributed by atoms with Crippen LogP contribution in [0.15, 0.2) is 22.8 Å². The largest absolute Gasteiger partial charge is 0.468 e. The van der Waals surface area contributed by atoms with E-state index < -0.39 is 18.8 Å². The second kappa shape index (κ2) is 5.36. The van der Waals surface area contributed by atoms with E-state index in [1.807, 2.05) is 6.92 Å². The molecular formula is C10H14F3NO2. The van der Waals surface area contributed by atoms with Crippen LogP contribution in [0.3, 0.4) is 0 Å². The number of aliphatic hydroxyl groups is 1. The second-order valence-electron chi connectivity index (χ2n) is 3.44. The van der Waals surface area contributed by atoms with Gasteiger partial charge in [-0.25, -0.2) is 0 Å². The van der Waals surface area contributed by atoms with Gasteiger partial charge < -0.3 is 14.8 Å². The molecule has 2 unspecified atom stereocenters. The zero-order valence-corrected chi connectivity index (χ0v) is 8.79. The average molecular weight is 237 g/mol. The lowest BCUT2D eigenvalue weighted by Gasteiger charge is -2.19. The third kappa shape index (κ3) is 3.53. The van der Waals surface area contributed by atoms with Crippen LogP contribution in [0.1, 0.15) is 25.1 Å². The van der Waals surface area contributed by atoms with Crippen LogP contribution in [-0.4, -0.2) is 23.9 Å². The Morgan fingerprint density at radius 1 is 1.50 bits per heavy atom. The Kier molecular flexibility index (Phi) is 4.37. The first-order chi connectivity index (χ1) is 7.45. The first-order valence-corrected chi connectivity index (χ1v) is 4.96. The molecular weight excluding hydrogens is 223 g/mol. The molecule has 0 fully saturated rings. The van der Waals surface area contributed by atoms with E-state index in [0.29, 0.717) is 12.2 Å². The number of hydrogen-bond acceptors (Lipinski definition) is 3.